The molecule has 0 aliphatic heterocycles. The number of carbonyl (C=O) groups excluding carboxylic acids is 1. The summed E-state index contributed by atoms with van der Waals surface area (Å²) in [5.74, 6) is 2.47. The van der Waals surface area contributed by atoms with Crippen LogP contribution in [0.25, 0.3) is 0 Å². The van der Waals surface area contributed by atoms with Gasteiger partial charge in [-0.05, 0) is 0 Å². The van der Waals surface area contributed by atoms with Gasteiger partial charge in [-0.2, -0.15) is 0 Å². The number of rotatable bonds is 3. The molecule has 0 bridgehead atoms. The van der Waals surface area contributed by atoms with E-state index in [4.69, 9.17) is 0 Å². The molecule has 0 N–H and O–H groups in total. The van der Waals surface area contributed by atoms with Gasteiger partial charge in [0.2, 0.25) is 0 Å². The van der Waals surface area contributed by atoms with Gasteiger partial charge in [-0.3, -0.25) is 0 Å². The van der Waals surface area contributed by atoms with Crippen LogP contribution in [0.5, 0.6) is 0 Å². The van der Waals surface area contributed by atoms with Crippen LogP contribution in [0.1, 0.15) is 25.7 Å². The molecule has 3 rings (SSSR count). The van der Waals surface area contributed by atoms with Crippen molar-refractivity contribution < 1.29 is 4.79 Å². The van der Waals surface area contributed by atoms with Gasteiger partial charge in [0.1, 0.15) is 0 Å². The van der Waals surface area contributed by atoms with Gasteiger partial charge in [-0.25, -0.2) is 0 Å². The Bertz CT molecular complexity index is 401. The van der Waals surface area contributed by atoms with Crippen LogP contribution in [0.2, 0.25) is 5.32 Å². The van der Waals surface area contributed by atoms with Crippen molar-refractivity contribution in [2.75, 3.05) is 0 Å². The Labute approximate surface area is 109 Å². The molecule has 0 saturated heterocycles. The molecule has 0 aromatic heterocycles. The van der Waals surface area contributed by atoms with Crippen LogP contribution in [0, 0.1) is 17.8 Å². The van der Waals surface area contributed by atoms with Gasteiger partial charge in [-0.1, -0.05) is 0 Å². The predicted octanol–water partition coefficient (Wildman–Crippen LogP) is 2.44. The molecule has 2 saturated carbocycles. The number of Topliss-reactive ketones (excluding diaryl/α,β-unsaturated/α-hetero) is 1. The van der Waals surface area contributed by atoms with E-state index >= 15 is 0 Å². The molecule has 1 aromatic rings. The molecule has 0 radical (unpaired) electrons. The Morgan fingerprint density at radius 3 is 2.76 bits per heavy atom. The first-order chi connectivity index (χ1) is 8.34. The van der Waals surface area contributed by atoms with Crippen molar-refractivity contribution in [2.24, 2.45) is 17.8 Å². The van der Waals surface area contributed by atoms with Crippen LogP contribution in [-0.4, -0.2) is 20.7 Å². The van der Waals surface area contributed by atoms with E-state index in [-0.39, 0.29) is 0 Å². The maximum atomic E-state index is 11.9. The molecule has 1 nitrogen and oxygen atoms in total. The Morgan fingerprint density at radius 2 is 1.94 bits per heavy atom. The van der Waals surface area contributed by atoms with E-state index in [0.29, 0.717) is 32.6 Å². The zero-order valence-electron chi connectivity index (χ0n) is 9.97. The average Bonchev–Trinajstić information content (AvgIpc) is 2.92. The van der Waals surface area contributed by atoms with E-state index < -0.39 is 0 Å². The van der Waals surface area contributed by atoms with E-state index in [0.717, 1.165) is 12.3 Å². The number of hydrogen-bond donors (Lipinski definition) is 0. The quantitative estimate of drug-likeness (QED) is 0.782. The van der Waals surface area contributed by atoms with Crippen molar-refractivity contribution in [1.29, 1.82) is 0 Å². The summed E-state index contributed by atoms with van der Waals surface area (Å²) >= 11 is 0.559. The fourth-order valence-corrected chi connectivity index (χ4v) is 5.79. The van der Waals surface area contributed by atoms with Crippen molar-refractivity contribution in [3.05, 3.63) is 30.3 Å². The third-order valence-corrected chi connectivity index (χ3v) is 6.78. The summed E-state index contributed by atoms with van der Waals surface area (Å²) in [6.45, 7) is 0. The van der Waals surface area contributed by atoms with Crippen molar-refractivity contribution in [2.45, 2.75) is 31.0 Å². The Hall–Kier alpha value is -0.591. The van der Waals surface area contributed by atoms with E-state index in [9.17, 15) is 4.79 Å². The third kappa shape index (κ3) is 2.34. The molecule has 3 atom stereocenters. The molecule has 2 aliphatic rings. The van der Waals surface area contributed by atoms with Crippen LogP contribution in [-0.2, 0) is 4.79 Å². The zero-order chi connectivity index (χ0) is 11.7. The minimum atomic E-state index is 0.445. The summed E-state index contributed by atoms with van der Waals surface area (Å²) in [4.78, 5) is 11.9. The molecular formula is C15H18OSe. The first-order valence-electron chi connectivity index (χ1n) is 6.55. The van der Waals surface area contributed by atoms with E-state index in [1.165, 1.54) is 29.0 Å². The van der Waals surface area contributed by atoms with Gasteiger partial charge in [0.15, 0.2) is 0 Å². The van der Waals surface area contributed by atoms with Crippen LogP contribution in [0.3, 0.4) is 0 Å². The van der Waals surface area contributed by atoms with Gasteiger partial charge in [0.25, 0.3) is 0 Å². The van der Waals surface area contributed by atoms with Crippen LogP contribution < -0.4 is 4.46 Å². The summed E-state index contributed by atoms with van der Waals surface area (Å²) < 4.78 is 1.48. The topological polar surface area (TPSA) is 17.1 Å². The average molecular weight is 293 g/mol. The first-order valence-corrected chi connectivity index (χ1v) is 8.62. The summed E-state index contributed by atoms with van der Waals surface area (Å²) in [7, 11) is 0. The molecule has 2 fully saturated rings. The normalized spacial score (nSPS) is 31.8. The van der Waals surface area contributed by atoms with E-state index in [1.54, 1.807) is 0 Å². The molecule has 2 aliphatic carbocycles. The SMILES string of the molecule is O=C1CC[C@@H]2CC[C@@H](C[Se]c3ccccc3)[C@H]12. The first kappa shape index (κ1) is 11.5. The van der Waals surface area contributed by atoms with Crippen molar-refractivity contribution in [1.82, 2.24) is 0 Å². The monoisotopic (exact) mass is 294 g/mol. The predicted molar refractivity (Wildman–Crippen MR) is 70.6 cm³/mol. The second kappa shape index (κ2) is 4.96. The van der Waals surface area contributed by atoms with Gasteiger partial charge in [-0.15, -0.1) is 0 Å². The van der Waals surface area contributed by atoms with Crippen molar-refractivity contribution in [3.63, 3.8) is 0 Å². The van der Waals surface area contributed by atoms with Gasteiger partial charge < -0.3 is 0 Å². The van der Waals surface area contributed by atoms with Gasteiger partial charge in [0, 0.05) is 0 Å². The molecule has 2 heteroatoms. The molecule has 1 aromatic carbocycles. The van der Waals surface area contributed by atoms with Crippen molar-refractivity contribution >= 4 is 25.2 Å². The zero-order valence-corrected chi connectivity index (χ0v) is 11.7. The van der Waals surface area contributed by atoms with Crippen LogP contribution in [0.4, 0.5) is 0 Å². The summed E-state index contributed by atoms with van der Waals surface area (Å²) in [5, 5.41) is 1.27. The second-order valence-corrected chi connectivity index (χ2v) is 7.55. The molecule has 17 heavy (non-hydrogen) atoms. The van der Waals surface area contributed by atoms with E-state index in [1.807, 2.05) is 0 Å². The maximum absolute atomic E-state index is 11.9. The van der Waals surface area contributed by atoms with Crippen LogP contribution >= 0.6 is 0 Å². The minimum absolute atomic E-state index is 0.445. The Kier molecular flexibility index (Phi) is 3.35. The second-order valence-electron chi connectivity index (χ2n) is 5.25. The fourth-order valence-electron chi connectivity index (χ4n) is 3.42. The number of fused-ring (bicyclic) bond motifs is 1. The molecule has 0 heterocycles. The standard InChI is InChI=1S/C15H18OSe/c16-14-9-8-11-6-7-12(15(11)14)10-17-13-4-2-1-3-5-13/h1-5,11-12,15H,6-10H2/t11-,12-,15+/m0/s1. The van der Waals surface area contributed by atoms with Crippen LogP contribution in [0.15, 0.2) is 30.3 Å². The van der Waals surface area contributed by atoms with Crippen molar-refractivity contribution in [3.8, 4) is 0 Å². The summed E-state index contributed by atoms with van der Waals surface area (Å²) in [6.07, 6.45) is 4.66. The number of benzene rings is 1. The number of ketones is 1. The summed E-state index contributed by atoms with van der Waals surface area (Å²) in [5.41, 5.74) is 0. The molecule has 90 valence electrons. The molecule has 0 amide bonds. The fraction of sp³-hybridized carbons (Fsp3) is 0.533. The Balaban J connectivity index is 1.61. The molecule has 0 unspecified atom stereocenters. The molecule has 0 spiro atoms. The number of hydrogen-bond acceptors (Lipinski definition) is 1. The number of carbonyl (C=O) groups is 1. The summed E-state index contributed by atoms with van der Waals surface area (Å²) in [6, 6.07) is 10.8. The van der Waals surface area contributed by atoms with Gasteiger partial charge >= 0.3 is 109 Å². The van der Waals surface area contributed by atoms with E-state index in [2.05, 4.69) is 30.3 Å². The van der Waals surface area contributed by atoms with Gasteiger partial charge in [0.05, 0.1) is 0 Å². The Morgan fingerprint density at radius 1 is 1.12 bits per heavy atom. The molecular weight excluding hydrogens is 275 g/mol. The third-order valence-electron chi connectivity index (χ3n) is 4.26.